The van der Waals surface area contributed by atoms with Crippen molar-refractivity contribution in [3.8, 4) is 17.0 Å². The summed E-state index contributed by atoms with van der Waals surface area (Å²) in [6.07, 6.45) is 0. The molecule has 2 rings (SSSR count). The van der Waals surface area contributed by atoms with Crippen LogP contribution in [0.25, 0.3) is 11.3 Å². The fraction of sp³-hybridized carbons (Fsp3) is 0.412. The van der Waals surface area contributed by atoms with Gasteiger partial charge >= 0.3 is 0 Å². The van der Waals surface area contributed by atoms with E-state index in [-0.39, 0.29) is 5.91 Å². The molecule has 5 nitrogen and oxygen atoms in total. The standard InChI is InChI=1S/C17H23N3O2S/c1-5-20(6-2)11-15-16(19-17(23-15)18-12(3)21)13-7-9-14(22-4)10-8-13/h7-10H,5-6,11H2,1-4H3,(H,18,19,21). The first-order valence-corrected chi connectivity index (χ1v) is 8.53. The van der Waals surface area contributed by atoms with Crippen LogP contribution >= 0.6 is 11.3 Å². The molecule has 1 heterocycles. The predicted molar refractivity (Wildman–Crippen MR) is 95.0 cm³/mol. The van der Waals surface area contributed by atoms with Crippen LogP contribution in [-0.2, 0) is 11.3 Å². The van der Waals surface area contributed by atoms with E-state index in [1.165, 1.54) is 18.3 Å². The lowest BCUT2D eigenvalue weighted by atomic mass is 10.1. The highest BCUT2D eigenvalue weighted by molar-refractivity contribution is 7.16. The van der Waals surface area contributed by atoms with Crippen LogP contribution < -0.4 is 10.1 Å². The molecule has 23 heavy (non-hydrogen) atoms. The molecular weight excluding hydrogens is 310 g/mol. The second-order valence-corrected chi connectivity index (χ2v) is 6.25. The van der Waals surface area contributed by atoms with Gasteiger partial charge in [-0.1, -0.05) is 25.2 Å². The van der Waals surface area contributed by atoms with Crippen molar-refractivity contribution in [2.75, 3.05) is 25.5 Å². The van der Waals surface area contributed by atoms with E-state index in [1.807, 2.05) is 24.3 Å². The van der Waals surface area contributed by atoms with Gasteiger partial charge < -0.3 is 10.1 Å². The molecule has 0 saturated carbocycles. The Morgan fingerprint density at radius 2 is 1.91 bits per heavy atom. The fourth-order valence-electron chi connectivity index (χ4n) is 2.29. The third-order valence-corrected chi connectivity index (χ3v) is 4.56. The number of ether oxygens (including phenoxy) is 1. The van der Waals surface area contributed by atoms with Gasteiger partial charge in [-0.3, -0.25) is 9.69 Å². The van der Waals surface area contributed by atoms with Crippen LogP contribution in [-0.4, -0.2) is 36.0 Å². The van der Waals surface area contributed by atoms with E-state index in [0.29, 0.717) is 5.13 Å². The van der Waals surface area contributed by atoms with Gasteiger partial charge in [0.2, 0.25) is 5.91 Å². The van der Waals surface area contributed by atoms with Gasteiger partial charge in [-0.15, -0.1) is 0 Å². The molecule has 0 atom stereocenters. The maximum Gasteiger partial charge on any atom is 0.223 e. The zero-order chi connectivity index (χ0) is 16.8. The zero-order valence-electron chi connectivity index (χ0n) is 14.0. The molecule has 0 saturated heterocycles. The Hall–Kier alpha value is -1.92. The van der Waals surface area contributed by atoms with Crippen molar-refractivity contribution in [3.05, 3.63) is 29.1 Å². The molecule has 0 radical (unpaired) electrons. The van der Waals surface area contributed by atoms with Crippen LogP contribution in [0, 0.1) is 0 Å². The highest BCUT2D eigenvalue weighted by Gasteiger charge is 2.16. The molecule has 1 aromatic carbocycles. The summed E-state index contributed by atoms with van der Waals surface area (Å²) in [5.41, 5.74) is 1.95. The number of hydrogen-bond donors (Lipinski definition) is 1. The largest absolute Gasteiger partial charge is 0.497 e. The van der Waals surface area contributed by atoms with E-state index < -0.39 is 0 Å². The van der Waals surface area contributed by atoms with Crippen molar-refractivity contribution in [1.29, 1.82) is 0 Å². The summed E-state index contributed by atoms with van der Waals surface area (Å²) < 4.78 is 5.21. The number of benzene rings is 1. The minimum atomic E-state index is -0.102. The quantitative estimate of drug-likeness (QED) is 0.841. The van der Waals surface area contributed by atoms with Gasteiger partial charge in [-0.05, 0) is 37.4 Å². The van der Waals surface area contributed by atoms with Crippen molar-refractivity contribution in [2.24, 2.45) is 0 Å². The lowest BCUT2D eigenvalue weighted by molar-refractivity contribution is -0.114. The molecule has 0 fully saturated rings. The van der Waals surface area contributed by atoms with Crippen LogP contribution in [0.2, 0.25) is 0 Å². The predicted octanol–water partition coefficient (Wildman–Crippen LogP) is 3.62. The molecular formula is C17H23N3O2S. The molecule has 0 aliphatic heterocycles. The summed E-state index contributed by atoms with van der Waals surface area (Å²) in [5.74, 6) is 0.714. The smallest absolute Gasteiger partial charge is 0.223 e. The minimum Gasteiger partial charge on any atom is -0.497 e. The average Bonchev–Trinajstić information content (AvgIpc) is 2.94. The molecule has 1 aromatic heterocycles. The Balaban J connectivity index is 2.37. The number of nitrogens with one attached hydrogen (secondary N) is 1. The van der Waals surface area contributed by atoms with Crippen molar-refractivity contribution >= 4 is 22.4 Å². The molecule has 0 spiro atoms. The molecule has 0 aliphatic rings. The number of aromatic nitrogens is 1. The first-order valence-electron chi connectivity index (χ1n) is 7.71. The summed E-state index contributed by atoms with van der Waals surface area (Å²) >= 11 is 1.54. The Bertz CT molecular complexity index is 648. The lowest BCUT2D eigenvalue weighted by Crippen LogP contribution is -2.21. The molecule has 1 amide bonds. The van der Waals surface area contributed by atoms with E-state index in [9.17, 15) is 4.79 Å². The maximum absolute atomic E-state index is 11.3. The molecule has 6 heteroatoms. The number of carbonyl (C=O) groups is 1. The molecule has 0 unspecified atom stereocenters. The number of methoxy groups -OCH3 is 1. The third kappa shape index (κ3) is 4.53. The number of anilines is 1. The SMILES string of the molecule is CCN(CC)Cc1sc(NC(C)=O)nc1-c1ccc(OC)cc1. The second-order valence-electron chi connectivity index (χ2n) is 5.16. The van der Waals surface area contributed by atoms with Crippen molar-refractivity contribution in [1.82, 2.24) is 9.88 Å². The van der Waals surface area contributed by atoms with Gasteiger partial charge in [0.1, 0.15) is 5.75 Å². The van der Waals surface area contributed by atoms with E-state index in [1.54, 1.807) is 7.11 Å². The second kappa shape index (κ2) is 8.08. The van der Waals surface area contributed by atoms with Gasteiger partial charge in [0, 0.05) is 23.9 Å². The van der Waals surface area contributed by atoms with Gasteiger partial charge in [-0.25, -0.2) is 4.98 Å². The fourth-order valence-corrected chi connectivity index (χ4v) is 3.36. The maximum atomic E-state index is 11.3. The van der Waals surface area contributed by atoms with E-state index in [4.69, 9.17) is 4.74 Å². The topological polar surface area (TPSA) is 54.5 Å². The van der Waals surface area contributed by atoms with Crippen molar-refractivity contribution in [3.63, 3.8) is 0 Å². The zero-order valence-corrected chi connectivity index (χ0v) is 14.9. The Morgan fingerprint density at radius 3 is 2.43 bits per heavy atom. The molecule has 0 aliphatic carbocycles. The Labute approximate surface area is 141 Å². The number of rotatable bonds is 7. The van der Waals surface area contributed by atoms with Crippen LogP contribution in [0.4, 0.5) is 5.13 Å². The number of thiazole rings is 1. The minimum absolute atomic E-state index is 0.102. The summed E-state index contributed by atoms with van der Waals surface area (Å²) in [6, 6.07) is 7.84. The highest BCUT2D eigenvalue weighted by atomic mass is 32.1. The van der Waals surface area contributed by atoms with Crippen molar-refractivity contribution < 1.29 is 9.53 Å². The first kappa shape index (κ1) is 17.4. The molecule has 2 aromatic rings. The van der Waals surface area contributed by atoms with E-state index in [2.05, 4.69) is 29.0 Å². The lowest BCUT2D eigenvalue weighted by Gasteiger charge is -2.17. The van der Waals surface area contributed by atoms with Crippen LogP contribution in [0.5, 0.6) is 5.75 Å². The van der Waals surface area contributed by atoms with Crippen LogP contribution in [0.15, 0.2) is 24.3 Å². The highest BCUT2D eigenvalue weighted by Crippen LogP contribution is 2.33. The summed E-state index contributed by atoms with van der Waals surface area (Å²) in [7, 11) is 1.65. The first-order chi connectivity index (χ1) is 11.1. The summed E-state index contributed by atoms with van der Waals surface area (Å²) in [4.78, 5) is 19.4. The summed E-state index contributed by atoms with van der Waals surface area (Å²) in [6.45, 7) is 8.57. The van der Waals surface area contributed by atoms with Crippen LogP contribution in [0.3, 0.4) is 0 Å². The Morgan fingerprint density at radius 1 is 1.26 bits per heavy atom. The number of hydrogen-bond acceptors (Lipinski definition) is 5. The van der Waals surface area contributed by atoms with Gasteiger partial charge in [-0.2, -0.15) is 0 Å². The van der Waals surface area contributed by atoms with E-state index in [0.717, 1.165) is 41.5 Å². The monoisotopic (exact) mass is 333 g/mol. The van der Waals surface area contributed by atoms with Gasteiger partial charge in [0.25, 0.3) is 0 Å². The number of nitrogens with zero attached hydrogens (tertiary/aromatic N) is 2. The third-order valence-electron chi connectivity index (χ3n) is 3.61. The van der Waals surface area contributed by atoms with Crippen molar-refractivity contribution in [2.45, 2.75) is 27.3 Å². The molecule has 0 bridgehead atoms. The number of carbonyl (C=O) groups excluding carboxylic acids is 1. The average molecular weight is 333 g/mol. The normalized spacial score (nSPS) is 10.8. The Kier molecular flexibility index (Phi) is 6.12. The number of amides is 1. The van der Waals surface area contributed by atoms with E-state index >= 15 is 0 Å². The van der Waals surface area contributed by atoms with Gasteiger partial charge in [0.15, 0.2) is 5.13 Å². The van der Waals surface area contributed by atoms with Crippen LogP contribution in [0.1, 0.15) is 25.6 Å². The van der Waals surface area contributed by atoms with Gasteiger partial charge in [0.05, 0.1) is 12.8 Å². The molecule has 1 N–H and O–H groups in total. The summed E-state index contributed by atoms with van der Waals surface area (Å²) in [5, 5.41) is 3.44. The molecule has 124 valence electrons.